The van der Waals surface area contributed by atoms with Gasteiger partial charge >= 0.3 is 0 Å². The average molecular weight is 292 g/mol. The van der Waals surface area contributed by atoms with Crippen molar-refractivity contribution in [2.24, 2.45) is 0 Å². The minimum absolute atomic E-state index is 0. The highest BCUT2D eigenvalue weighted by Crippen LogP contribution is 2.22. The van der Waals surface area contributed by atoms with Gasteiger partial charge < -0.3 is 10.1 Å². The Labute approximate surface area is 120 Å². The standard InChI is InChI=1S/C13H17NO2.2ClH/c1-10(15)12-4-2-3-5-13(12)16-11-6-8-14-9-7-11;;/h2-5,11,14H,6-9H2,1H3;2*1H. The molecule has 1 aliphatic rings. The van der Waals surface area contributed by atoms with Gasteiger partial charge in [0.15, 0.2) is 5.78 Å². The minimum atomic E-state index is 0. The molecule has 2 rings (SSSR count). The first-order valence-electron chi connectivity index (χ1n) is 5.74. The number of ether oxygens (including phenoxy) is 1. The van der Waals surface area contributed by atoms with Crippen molar-refractivity contribution in [2.45, 2.75) is 25.9 Å². The third-order valence-electron chi connectivity index (χ3n) is 2.85. The van der Waals surface area contributed by atoms with E-state index in [1.165, 1.54) is 0 Å². The average Bonchev–Trinajstić information content (AvgIpc) is 2.31. The number of hydrogen-bond donors (Lipinski definition) is 1. The van der Waals surface area contributed by atoms with Gasteiger partial charge in [0.2, 0.25) is 0 Å². The third kappa shape index (κ3) is 4.48. The summed E-state index contributed by atoms with van der Waals surface area (Å²) in [4.78, 5) is 11.4. The highest BCUT2D eigenvalue weighted by molar-refractivity contribution is 5.96. The van der Waals surface area contributed by atoms with Crippen molar-refractivity contribution in [2.75, 3.05) is 13.1 Å². The van der Waals surface area contributed by atoms with Crippen molar-refractivity contribution in [3.63, 3.8) is 0 Å². The molecule has 0 spiro atoms. The molecule has 102 valence electrons. The van der Waals surface area contributed by atoms with Crippen LogP contribution in [0.2, 0.25) is 0 Å². The highest BCUT2D eigenvalue weighted by Gasteiger charge is 2.16. The molecule has 1 heterocycles. The molecule has 0 bridgehead atoms. The summed E-state index contributed by atoms with van der Waals surface area (Å²) in [5.74, 6) is 0.784. The normalized spacial score (nSPS) is 15.2. The number of para-hydroxylation sites is 1. The van der Waals surface area contributed by atoms with E-state index < -0.39 is 0 Å². The quantitative estimate of drug-likeness (QED) is 0.871. The fraction of sp³-hybridized carbons (Fsp3) is 0.462. The molecule has 1 fully saturated rings. The van der Waals surface area contributed by atoms with Crippen molar-refractivity contribution < 1.29 is 9.53 Å². The van der Waals surface area contributed by atoms with E-state index in [0.717, 1.165) is 31.7 Å². The molecule has 0 saturated carbocycles. The SMILES string of the molecule is CC(=O)c1ccccc1OC1CCNCC1.Cl.Cl. The summed E-state index contributed by atoms with van der Waals surface area (Å²) in [6.07, 6.45) is 2.25. The summed E-state index contributed by atoms with van der Waals surface area (Å²) >= 11 is 0. The molecule has 0 aliphatic carbocycles. The van der Waals surface area contributed by atoms with E-state index in [0.29, 0.717) is 5.56 Å². The van der Waals surface area contributed by atoms with E-state index in [1.54, 1.807) is 6.92 Å². The van der Waals surface area contributed by atoms with Crippen LogP contribution in [0.3, 0.4) is 0 Å². The first-order chi connectivity index (χ1) is 7.77. The highest BCUT2D eigenvalue weighted by atomic mass is 35.5. The van der Waals surface area contributed by atoms with Crippen LogP contribution in [-0.2, 0) is 0 Å². The van der Waals surface area contributed by atoms with Crippen LogP contribution in [0.25, 0.3) is 0 Å². The lowest BCUT2D eigenvalue weighted by atomic mass is 10.1. The fourth-order valence-electron chi connectivity index (χ4n) is 1.95. The largest absolute Gasteiger partial charge is 0.490 e. The maximum atomic E-state index is 11.4. The number of rotatable bonds is 3. The van der Waals surface area contributed by atoms with Gasteiger partial charge in [-0.2, -0.15) is 0 Å². The van der Waals surface area contributed by atoms with E-state index in [2.05, 4.69) is 5.32 Å². The lowest BCUT2D eigenvalue weighted by molar-refractivity contribution is 0.100. The summed E-state index contributed by atoms with van der Waals surface area (Å²) in [5.41, 5.74) is 0.682. The fourth-order valence-corrected chi connectivity index (χ4v) is 1.95. The van der Waals surface area contributed by atoms with Crippen molar-refractivity contribution >= 4 is 30.6 Å². The molecule has 1 aromatic rings. The molecule has 0 aromatic heterocycles. The smallest absolute Gasteiger partial charge is 0.163 e. The Bertz CT molecular complexity index is 379. The van der Waals surface area contributed by atoms with Gasteiger partial charge in [-0.1, -0.05) is 12.1 Å². The second-order valence-corrected chi connectivity index (χ2v) is 4.12. The Morgan fingerprint density at radius 2 is 1.83 bits per heavy atom. The van der Waals surface area contributed by atoms with Crippen molar-refractivity contribution in [3.8, 4) is 5.75 Å². The molecule has 0 radical (unpaired) electrons. The predicted molar refractivity (Wildman–Crippen MR) is 77.5 cm³/mol. The lowest BCUT2D eigenvalue weighted by Gasteiger charge is -2.24. The van der Waals surface area contributed by atoms with E-state index in [1.807, 2.05) is 24.3 Å². The van der Waals surface area contributed by atoms with Gasteiger partial charge in [0.05, 0.1) is 5.56 Å². The van der Waals surface area contributed by atoms with Crippen LogP contribution in [0.15, 0.2) is 24.3 Å². The number of carbonyl (C=O) groups excluding carboxylic acids is 1. The Morgan fingerprint density at radius 3 is 2.44 bits per heavy atom. The zero-order chi connectivity index (χ0) is 11.4. The zero-order valence-corrected chi connectivity index (χ0v) is 12.0. The van der Waals surface area contributed by atoms with Crippen LogP contribution in [0.4, 0.5) is 0 Å². The predicted octanol–water partition coefficient (Wildman–Crippen LogP) is 2.86. The maximum absolute atomic E-state index is 11.4. The van der Waals surface area contributed by atoms with Gasteiger partial charge in [-0.05, 0) is 45.0 Å². The van der Waals surface area contributed by atoms with E-state index in [9.17, 15) is 4.79 Å². The number of Topliss-reactive ketones (excluding diaryl/α,β-unsaturated/α-hetero) is 1. The molecule has 1 aliphatic heterocycles. The Hall–Kier alpha value is -0.770. The molecule has 18 heavy (non-hydrogen) atoms. The van der Waals surface area contributed by atoms with Crippen molar-refractivity contribution in [1.29, 1.82) is 0 Å². The van der Waals surface area contributed by atoms with Crippen LogP contribution >= 0.6 is 24.8 Å². The topological polar surface area (TPSA) is 38.3 Å². The maximum Gasteiger partial charge on any atom is 0.163 e. The van der Waals surface area contributed by atoms with E-state index in [4.69, 9.17) is 4.74 Å². The number of carbonyl (C=O) groups is 1. The second kappa shape index (κ2) is 8.35. The molecular weight excluding hydrogens is 273 g/mol. The van der Waals surface area contributed by atoms with Crippen LogP contribution in [0, 0.1) is 0 Å². The number of halogens is 2. The molecule has 0 amide bonds. The van der Waals surface area contributed by atoms with E-state index in [-0.39, 0.29) is 36.7 Å². The monoisotopic (exact) mass is 291 g/mol. The van der Waals surface area contributed by atoms with Gasteiger partial charge in [-0.25, -0.2) is 0 Å². The Morgan fingerprint density at radius 1 is 1.22 bits per heavy atom. The zero-order valence-electron chi connectivity index (χ0n) is 10.3. The van der Waals surface area contributed by atoms with Crippen molar-refractivity contribution in [1.82, 2.24) is 5.32 Å². The number of piperidine rings is 1. The Balaban J connectivity index is 0.00000144. The molecule has 5 heteroatoms. The molecule has 0 atom stereocenters. The molecule has 1 N–H and O–H groups in total. The summed E-state index contributed by atoms with van der Waals surface area (Å²) in [6.45, 7) is 3.56. The van der Waals surface area contributed by atoms with Crippen LogP contribution in [0.5, 0.6) is 5.75 Å². The number of ketones is 1. The van der Waals surface area contributed by atoms with Crippen LogP contribution < -0.4 is 10.1 Å². The summed E-state index contributed by atoms with van der Waals surface area (Å²) in [5, 5.41) is 3.29. The second-order valence-electron chi connectivity index (χ2n) is 4.12. The molecule has 3 nitrogen and oxygen atoms in total. The molecular formula is C13H19Cl2NO2. The van der Waals surface area contributed by atoms with Crippen LogP contribution in [0.1, 0.15) is 30.1 Å². The Kier molecular flexibility index (Phi) is 8.00. The van der Waals surface area contributed by atoms with Gasteiger partial charge in [0.1, 0.15) is 11.9 Å². The third-order valence-corrected chi connectivity index (χ3v) is 2.85. The summed E-state index contributed by atoms with van der Waals surface area (Å²) in [7, 11) is 0. The molecule has 1 saturated heterocycles. The first-order valence-corrected chi connectivity index (χ1v) is 5.74. The first kappa shape index (κ1) is 17.2. The van der Waals surface area contributed by atoms with Gasteiger partial charge in [0, 0.05) is 0 Å². The minimum Gasteiger partial charge on any atom is -0.490 e. The van der Waals surface area contributed by atoms with Gasteiger partial charge in [-0.15, -0.1) is 24.8 Å². The summed E-state index contributed by atoms with van der Waals surface area (Å²) < 4.78 is 5.89. The lowest BCUT2D eigenvalue weighted by Crippen LogP contribution is -2.34. The molecule has 0 unspecified atom stereocenters. The van der Waals surface area contributed by atoms with Gasteiger partial charge in [-0.3, -0.25) is 4.79 Å². The van der Waals surface area contributed by atoms with Gasteiger partial charge in [0.25, 0.3) is 0 Å². The number of hydrogen-bond acceptors (Lipinski definition) is 3. The number of benzene rings is 1. The van der Waals surface area contributed by atoms with Crippen LogP contribution in [-0.4, -0.2) is 25.0 Å². The molecule has 1 aromatic carbocycles. The van der Waals surface area contributed by atoms with Crippen molar-refractivity contribution in [3.05, 3.63) is 29.8 Å². The van der Waals surface area contributed by atoms with E-state index >= 15 is 0 Å². The number of nitrogens with one attached hydrogen (secondary N) is 1. The summed E-state index contributed by atoms with van der Waals surface area (Å²) in [6, 6.07) is 7.46.